The zero-order valence-corrected chi connectivity index (χ0v) is 11.7. The number of anilines is 2. The molecule has 3 N–H and O–H groups in total. The summed E-state index contributed by atoms with van der Waals surface area (Å²) in [6, 6.07) is 7.84. The Labute approximate surface area is 116 Å². The molecule has 19 heavy (non-hydrogen) atoms. The molecule has 1 aromatic carbocycles. The summed E-state index contributed by atoms with van der Waals surface area (Å²) in [5.74, 6) is 0.231. The molecule has 0 amide bonds. The maximum Gasteiger partial charge on any atom is 0.264 e. The van der Waals surface area contributed by atoms with E-state index in [-0.39, 0.29) is 15.7 Å². The number of sulfonamides is 1. The van der Waals surface area contributed by atoms with Crippen LogP contribution in [-0.2, 0) is 10.0 Å². The van der Waals surface area contributed by atoms with Gasteiger partial charge >= 0.3 is 0 Å². The molecule has 0 aliphatic rings. The summed E-state index contributed by atoms with van der Waals surface area (Å²) < 4.78 is 26.8. The van der Waals surface area contributed by atoms with E-state index in [4.69, 9.17) is 17.3 Å². The second kappa shape index (κ2) is 5.07. The van der Waals surface area contributed by atoms with Gasteiger partial charge in [0.2, 0.25) is 0 Å². The Morgan fingerprint density at radius 3 is 2.63 bits per heavy atom. The lowest BCUT2D eigenvalue weighted by Gasteiger charge is -2.10. The van der Waals surface area contributed by atoms with Crippen LogP contribution in [0, 0.1) is 6.92 Å². The van der Waals surface area contributed by atoms with Crippen LogP contribution in [0.15, 0.2) is 41.4 Å². The van der Waals surface area contributed by atoms with E-state index in [2.05, 4.69) is 9.71 Å². The van der Waals surface area contributed by atoms with Gasteiger partial charge in [0.1, 0.15) is 10.7 Å². The molecule has 100 valence electrons. The van der Waals surface area contributed by atoms with Gasteiger partial charge in [0, 0.05) is 0 Å². The van der Waals surface area contributed by atoms with Gasteiger partial charge in [-0.1, -0.05) is 23.7 Å². The van der Waals surface area contributed by atoms with Crippen LogP contribution in [0.2, 0.25) is 5.02 Å². The highest BCUT2D eigenvalue weighted by molar-refractivity contribution is 7.92. The minimum Gasteiger partial charge on any atom is -0.397 e. The number of aryl methyl sites for hydroxylation is 1. The van der Waals surface area contributed by atoms with Crippen molar-refractivity contribution in [2.75, 3.05) is 10.5 Å². The summed E-state index contributed by atoms with van der Waals surface area (Å²) in [5.41, 5.74) is 6.67. The maximum absolute atomic E-state index is 12.2. The first-order chi connectivity index (χ1) is 8.90. The summed E-state index contributed by atoms with van der Waals surface area (Å²) in [6.45, 7) is 1.72. The maximum atomic E-state index is 12.2. The minimum atomic E-state index is -3.76. The van der Waals surface area contributed by atoms with Gasteiger partial charge in [-0.05, 0) is 30.7 Å². The van der Waals surface area contributed by atoms with Crippen LogP contribution in [0.1, 0.15) is 5.56 Å². The second-order valence-corrected chi connectivity index (χ2v) is 6.03. The highest BCUT2D eigenvalue weighted by Gasteiger charge is 2.18. The Kier molecular flexibility index (Phi) is 3.64. The average molecular weight is 298 g/mol. The van der Waals surface area contributed by atoms with E-state index < -0.39 is 10.0 Å². The van der Waals surface area contributed by atoms with Crippen molar-refractivity contribution in [3.05, 3.63) is 47.1 Å². The molecule has 0 atom stereocenters. The summed E-state index contributed by atoms with van der Waals surface area (Å²) in [6.07, 6.45) is 1.39. The van der Waals surface area contributed by atoms with Gasteiger partial charge in [-0.2, -0.15) is 0 Å². The molecular formula is C12H12ClN3O2S. The molecule has 0 fully saturated rings. The van der Waals surface area contributed by atoms with Crippen LogP contribution in [0.5, 0.6) is 0 Å². The molecule has 0 bridgehead atoms. The number of pyridine rings is 1. The SMILES string of the molecule is Cc1cc(N)cnc1NS(=O)(=O)c1ccccc1Cl. The molecule has 0 saturated heterocycles. The van der Waals surface area contributed by atoms with Crippen LogP contribution in [0.25, 0.3) is 0 Å². The van der Waals surface area contributed by atoms with E-state index in [1.54, 1.807) is 25.1 Å². The molecule has 0 spiro atoms. The summed E-state index contributed by atoms with van der Waals surface area (Å²) in [4.78, 5) is 3.97. The Balaban J connectivity index is 2.40. The van der Waals surface area contributed by atoms with E-state index in [1.807, 2.05) is 0 Å². The Hall–Kier alpha value is -1.79. The lowest BCUT2D eigenvalue weighted by molar-refractivity contribution is 0.601. The van der Waals surface area contributed by atoms with Crippen molar-refractivity contribution in [2.45, 2.75) is 11.8 Å². The number of halogens is 1. The van der Waals surface area contributed by atoms with Crippen molar-refractivity contribution in [3.8, 4) is 0 Å². The van der Waals surface area contributed by atoms with E-state index in [0.717, 1.165) is 0 Å². The number of hydrogen-bond acceptors (Lipinski definition) is 4. The average Bonchev–Trinajstić information content (AvgIpc) is 2.33. The lowest BCUT2D eigenvalue weighted by Crippen LogP contribution is -2.15. The number of nitrogens with two attached hydrogens (primary N) is 1. The predicted molar refractivity (Wildman–Crippen MR) is 75.6 cm³/mol. The standard InChI is InChI=1S/C12H12ClN3O2S/c1-8-6-9(14)7-15-12(8)16-19(17,18)11-5-3-2-4-10(11)13/h2-7H,14H2,1H3,(H,15,16). The lowest BCUT2D eigenvalue weighted by atomic mass is 10.3. The van der Waals surface area contributed by atoms with Crippen molar-refractivity contribution >= 4 is 33.1 Å². The van der Waals surface area contributed by atoms with Crippen molar-refractivity contribution < 1.29 is 8.42 Å². The fraction of sp³-hybridized carbons (Fsp3) is 0.0833. The molecule has 0 saturated carbocycles. The van der Waals surface area contributed by atoms with E-state index in [9.17, 15) is 8.42 Å². The van der Waals surface area contributed by atoms with Crippen LogP contribution < -0.4 is 10.5 Å². The Morgan fingerprint density at radius 1 is 1.32 bits per heavy atom. The van der Waals surface area contributed by atoms with Crippen molar-refractivity contribution in [2.24, 2.45) is 0 Å². The molecule has 7 heteroatoms. The summed E-state index contributed by atoms with van der Waals surface area (Å²) in [7, 11) is -3.76. The molecule has 1 heterocycles. The molecule has 2 rings (SSSR count). The third kappa shape index (κ3) is 2.97. The van der Waals surface area contributed by atoms with Gasteiger partial charge in [-0.15, -0.1) is 0 Å². The molecule has 0 aliphatic carbocycles. The molecule has 1 aromatic heterocycles. The van der Waals surface area contributed by atoms with Crippen molar-refractivity contribution in [1.82, 2.24) is 4.98 Å². The molecular weight excluding hydrogens is 286 g/mol. The number of nitrogens with zero attached hydrogens (tertiary/aromatic N) is 1. The minimum absolute atomic E-state index is 0.00897. The number of benzene rings is 1. The monoisotopic (exact) mass is 297 g/mol. The van der Waals surface area contributed by atoms with Gasteiger partial charge < -0.3 is 5.73 Å². The quantitative estimate of drug-likeness (QED) is 0.911. The Morgan fingerprint density at radius 2 is 2.00 bits per heavy atom. The predicted octanol–water partition coefficient (Wildman–Crippen LogP) is 2.43. The van der Waals surface area contributed by atoms with E-state index in [1.165, 1.54) is 18.3 Å². The number of nitrogen functional groups attached to an aromatic ring is 1. The second-order valence-electron chi connectivity index (χ2n) is 3.97. The topological polar surface area (TPSA) is 85.1 Å². The Bertz CT molecular complexity index is 717. The van der Waals surface area contributed by atoms with E-state index in [0.29, 0.717) is 11.3 Å². The molecule has 0 aliphatic heterocycles. The molecule has 0 radical (unpaired) electrons. The largest absolute Gasteiger partial charge is 0.397 e. The first-order valence-electron chi connectivity index (χ1n) is 5.39. The van der Waals surface area contributed by atoms with Crippen LogP contribution in [-0.4, -0.2) is 13.4 Å². The van der Waals surface area contributed by atoms with Crippen LogP contribution in [0.4, 0.5) is 11.5 Å². The normalized spacial score (nSPS) is 11.3. The fourth-order valence-corrected chi connectivity index (χ4v) is 3.15. The first-order valence-corrected chi connectivity index (χ1v) is 7.26. The number of aromatic nitrogens is 1. The molecule has 2 aromatic rings. The van der Waals surface area contributed by atoms with Gasteiger partial charge in [-0.25, -0.2) is 13.4 Å². The van der Waals surface area contributed by atoms with Crippen molar-refractivity contribution in [1.29, 1.82) is 0 Å². The number of nitrogens with one attached hydrogen (secondary N) is 1. The molecule has 0 unspecified atom stereocenters. The fourth-order valence-electron chi connectivity index (χ4n) is 1.55. The molecule has 5 nitrogen and oxygen atoms in total. The summed E-state index contributed by atoms with van der Waals surface area (Å²) in [5, 5.41) is 0.156. The van der Waals surface area contributed by atoms with Gasteiger partial charge in [0.25, 0.3) is 10.0 Å². The third-order valence-electron chi connectivity index (χ3n) is 2.46. The highest BCUT2D eigenvalue weighted by atomic mass is 35.5. The number of rotatable bonds is 3. The summed E-state index contributed by atoms with van der Waals surface area (Å²) >= 11 is 5.88. The van der Waals surface area contributed by atoms with E-state index >= 15 is 0 Å². The van der Waals surface area contributed by atoms with Crippen LogP contribution >= 0.6 is 11.6 Å². The smallest absolute Gasteiger partial charge is 0.264 e. The van der Waals surface area contributed by atoms with Gasteiger partial charge in [0.05, 0.1) is 16.9 Å². The zero-order valence-electron chi connectivity index (χ0n) is 10.1. The number of hydrogen-bond donors (Lipinski definition) is 2. The van der Waals surface area contributed by atoms with Gasteiger partial charge in [-0.3, -0.25) is 4.72 Å². The zero-order chi connectivity index (χ0) is 14.0. The van der Waals surface area contributed by atoms with Crippen molar-refractivity contribution in [3.63, 3.8) is 0 Å². The first kappa shape index (κ1) is 13.6. The third-order valence-corrected chi connectivity index (χ3v) is 4.30. The van der Waals surface area contributed by atoms with Gasteiger partial charge in [0.15, 0.2) is 0 Å². The highest BCUT2D eigenvalue weighted by Crippen LogP contribution is 2.24. The van der Waals surface area contributed by atoms with Crippen LogP contribution in [0.3, 0.4) is 0 Å².